The molecule has 0 aromatic heterocycles. The van der Waals surface area contributed by atoms with Gasteiger partial charge >= 0.3 is 0 Å². The summed E-state index contributed by atoms with van der Waals surface area (Å²) in [5.41, 5.74) is 1.10. The minimum atomic E-state index is -3.08. The average molecular weight is 270 g/mol. The Morgan fingerprint density at radius 2 is 1.67 bits per heavy atom. The molecule has 0 aliphatic rings. The van der Waals surface area contributed by atoms with Crippen LogP contribution in [0.2, 0.25) is 0 Å². The predicted molar refractivity (Wildman–Crippen MR) is 74.4 cm³/mol. The molecule has 0 atom stereocenters. The lowest BCUT2D eigenvalue weighted by atomic mass is 10.2. The lowest BCUT2D eigenvalue weighted by Crippen LogP contribution is -2.21. The first kappa shape index (κ1) is 15.1. The molecule has 0 saturated carbocycles. The molecule has 5 heteroatoms. The highest BCUT2D eigenvalue weighted by molar-refractivity contribution is 7.90. The van der Waals surface area contributed by atoms with Crippen LogP contribution in [0.3, 0.4) is 0 Å². The fourth-order valence-electron chi connectivity index (χ4n) is 1.60. The molecular weight excluding hydrogens is 248 g/mol. The summed E-state index contributed by atoms with van der Waals surface area (Å²) in [7, 11) is -3.08. The van der Waals surface area contributed by atoms with Crippen LogP contribution < -0.4 is 10.6 Å². The van der Waals surface area contributed by atoms with E-state index in [-0.39, 0.29) is 0 Å². The van der Waals surface area contributed by atoms with Crippen LogP contribution in [0.5, 0.6) is 0 Å². The molecule has 0 heterocycles. The number of hydrogen-bond donors (Lipinski definition) is 2. The molecule has 0 unspecified atom stereocenters. The molecule has 1 aromatic carbocycles. The third-order valence-corrected chi connectivity index (χ3v) is 3.77. The number of hydrogen-bond acceptors (Lipinski definition) is 4. The molecule has 0 saturated heterocycles. The van der Waals surface area contributed by atoms with Gasteiger partial charge in [0.2, 0.25) is 0 Å². The van der Waals surface area contributed by atoms with Gasteiger partial charge in [0.15, 0.2) is 9.84 Å². The minimum Gasteiger partial charge on any atom is -0.317 e. The first-order chi connectivity index (χ1) is 8.54. The first-order valence-electron chi connectivity index (χ1n) is 6.24. The maximum atomic E-state index is 11.3. The van der Waals surface area contributed by atoms with Crippen molar-refractivity contribution in [3.05, 3.63) is 29.8 Å². The van der Waals surface area contributed by atoms with Crippen molar-refractivity contribution in [2.45, 2.75) is 24.8 Å². The normalized spacial score (nSPS) is 11.7. The molecule has 1 rings (SSSR count). The fourth-order valence-corrected chi connectivity index (χ4v) is 2.23. The summed E-state index contributed by atoms with van der Waals surface area (Å²) in [4.78, 5) is 0.374. The Morgan fingerprint density at radius 3 is 2.22 bits per heavy atom. The van der Waals surface area contributed by atoms with Gasteiger partial charge in [0, 0.05) is 12.8 Å². The Kier molecular flexibility index (Phi) is 6.32. The highest BCUT2D eigenvalue weighted by atomic mass is 32.2. The van der Waals surface area contributed by atoms with E-state index in [9.17, 15) is 8.42 Å². The lowest BCUT2D eigenvalue weighted by Gasteiger charge is -2.06. The van der Waals surface area contributed by atoms with Gasteiger partial charge in [-0.2, -0.15) is 0 Å². The van der Waals surface area contributed by atoms with Crippen molar-refractivity contribution in [1.29, 1.82) is 0 Å². The molecule has 18 heavy (non-hydrogen) atoms. The van der Waals surface area contributed by atoms with Gasteiger partial charge < -0.3 is 10.6 Å². The van der Waals surface area contributed by atoms with Crippen molar-refractivity contribution in [3.63, 3.8) is 0 Å². The molecule has 0 radical (unpaired) electrons. The van der Waals surface area contributed by atoms with E-state index in [4.69, 9.17) is 0 Å². The van der Waals surface area contributed by atoms with Gasteiger partial charge in [-0.05, 0) is 43.8 Å². The van der Waals surface area contributed by atoms with Crippen LogP contribution in [0.15, 0.2) is 29.2 Å². The molecule has 102 valence electrons. The molecule has 2 N–H and O–H groups in total. The molecular formula is C13H22N2O2S. The van der Waals surface area contributed by atoms with Crippen molar-refractivity contribution < 1.29 is 8.42 Å². The van der Waals surface area contributed by atoms with Gasteiger partial charge in [0.25, 0.3) is 0 Å². The van der Waals surface area contributed by atoms with E-state index >= 15 is 0 Å². The second kappa shape index (κ2) is 7.51. The fraction of sp³-hybridized carbons (Fsp3) is 0.538. The van der Waals surface area contributed by atoms with E-state index < -0.39 is 9.84 Å². The van der Waals surface area contributed by atoms with Crippen LogP contribution in [-0.2, 0) is 16.4 Å². The van der Waals surface area contributed by atoms with Crippen LogP contribution in [0.1, 0.15) is 18.9 Å². The standard InChI is InChI=1S/C13H22N2O2S/c1-3-14-9-4-10-15-11-12-5-7-13(8-6-12)18(2,16)17/h5-8,14-15H,3-4,9-11H2,1-2H3. The van der Waals surface area contributed by atoms with Crippen molar-refractivity contribution in [2.24, 2.45) is 0 Å². The van der Waals surface area contributed by atoms with Crippen molar-refractivity contribution in [3.8, 4) is 0 Å². The summed E-state index contributed by atoms with van der Waals surface area (Å²) in [5, 5.41) is 6.59. The highest BCUT2D eigenvalue weighted by Crippen LogP contribution is 2.09. The molecule has 0 spiro atoms. The number of rotatable bonds is 8. The maximum Gasteiger partial charge on any atom is 0.175 e. The quantitative estimate of drug-likeness (QED) is 0.697. The largest absolute Gasteiger partial charge is 0.317 e. The van der Waals surface area contributed by atoms with Gasteiger partial charge in [-0.25, -0.2) is 8.42 Å². The summed E-state index contributed by atoms with van der Waals surface area (Å²) in [6.45, 7) is 5.86. The van der Waals surface area contributed by atoms with E-state index in [0.717, 1.165) is 38.2 Å². The smallest absolute Gasteiger partial charge is 0.175 e. The molecule has 0 fully saturated rings. The van der Waals surface area contributed by atoms with E-state index in [0.29, 0.717) is 4.90 Å². The van der Waals surface area contributed by atoms with Crippen LogP contribution in [0.25, 0.3) is 0 Å². The Labute approximate surface area is 110 Å². The summed E-state index contributed by atoms with van der Waals surface area (Å²) < 4.78 is 22.6. The summed E-state index contributed by atoms with van der Waals surface area (Å²) in [6.07, 6.45) is 2.32. The second-order valence-electron chi connectivity index (χ2n) is 4.30. The van der Waals surface area contributed by atoms with Gasteiger partial charge in [-0.3, -0.25) is 0 Å². The number of sulfone groups is 1. The molecule has 1 aromatic rings. The molecule has 0 bridgehead atoms. The van der Waals surface area contributed by atoms with Gasteiger partial charge in [0.1, 0.15) is 0 Å². The van der Waals surface area contributed by atoms with E-state index in [2.05, 4.69) is 17.6 Å². The topological polar surface area (TPSA) is 58.2 Å². The van der Waals surface area contributed by atoms with Crippen LogP contribution in [0, 0.1) is 0 Å². The molecule has 0 aliphatic carbocycles. The molecule has 0 aliphatic heterocycles. The Bertz CT molecular complexity index is 441. The van der Waals surface area contributed by atoms with Crippen molar-refractivity contribution in [2.75, 3.05) is 25.9 Å². The zero-order valence-electron chi connectivity index (χ0n) is 11.1. The van der Waals surface area contributed by atoms with Crippen LogP contribution in [-0.4, -0.2) is 34.3 Å². The molecule has 4 nitrogen and oxygen atoms in total. The van der Waals surface area contributed by atoms with Gasteiger partial charge in [-0.1, -0.05) is 19.1 Å². The lowest BCUT2D eigenvalue weighted by molar-refractivity contribution is 0.601. The van der Waals surface area contributed by atoms with E-state index in [1.807, 2.05) is 12.1 Å². The second-order valence-corrected chi connectivity index (χ2v) is 6.32. The number of benzene rings is 1. The SMILES string of the molecule is CCNCCCNCc1ccc(S(C)(=O)=O)cc1. The van der Waals surface area contributed by atoms with Gasteiger partial charge in [0.05, 0.1) is 4.90 Å². The highest BCUT2D eigenvalue weighted by Gasteiger charge is 2.05. The average Bonchev–Trinajstić information content (AvgIpc) is 2.33. The van der Waals surface area contributed by atoms with E-state index in [1.165, 1.54) is 6.26 Å². The Balaban J connectivity index is 2.32. The number of nitrogens with one attached hydrogen (secondary N) is 2. The summed E-state index contributed by atoms with van der Waals surface area (Å²) in [5.74, 6) is 0. The minimum absolute atomic E-state index is 0.374. The Morgan fingerprint density at radius 1 is 1.06 bits per heavy atom. The van der Waals surface area contributed by atoms with Crippen molar-refractivity contribution >= 4 is 9.84 Å². The third kappa shape index (κ3) is 5.62. The zero-order chi connectivity index (χ0) is 13.4. The molecule has 0 amide bonds. The van der Waals surface area contributed by atoms with Crippen LogP contribution in [0.4, 0.5) is 0 Å². The van der Waals surface area contributed by atoms with Crippen LogP contribution >= 0.6 is 0 Å². The maximum absolute atomic E-state index is 11.3. The van der Waals surface area contributed by atoms with Crippen molar-refractivity contribution in [1.82, 2.24) is 10.6 Å². The predicted octanol–water partition coefficient (Wildman–Crippen LogP) is 1.18. The van der Waals surface area contributed by atoms with E-state index in [1.54, 1.807) is 12.1 Å². The first-order valence-corrected chi connectivity index (χ1v) is 8.13. The zero-order valence-corrected chi connectivity index (χ0v) is 11.9. The monoisotopic (exact) mass is 270 g/mol. The Hall–Kier alpha value is -0.910. The van der Waals surface area contributed by atoms with Gasteiger partial charge in [-0.15, -0.1) is 0 Å². The summed E-state index contributed by atoms with van der Waals surface area (Å²) in [6, 6.07) is 7.03. The summed E-state index contributed by atoms with van der Waals surface area (Å²) >= 11 is 0. The third-order valence-electron chi connectivity index (χ3n) is 2.64.